The van der Waals surface area contributed by atoms with E-state index in [1.807, 2.05) is 24.3 Å². The van der Waals surface area contributed by atoms with Crippen LogP contribution in [0.3, 0.4) is 0 Å². The first-order chi connectivity index (χ1) is 11.3. The molecule has 1 aliphatic carbocycles. The molecule has 1 heterocycles. The van der Waals surface area contributed by atoms with Gasteiger partial charge < -0.3 is 5.32 Å². The van der Waals surface area contributed by atoms with E-state index in [0.717, 1.165) is 22.7 Å². The number of hydrogen-bond acceptors (Lipinski definition) is 4. The minimum absolute atomic E-state index is 0.0796. The Bertz CT molecular complexity index is 826. The van der Waals surface area contributed by atoms with Crippen LogP contribution in [-0.4, -0.2) is 16.6 Å². The highest BCUT2D eigenvalue weighted by molar-refractivity contribution is 8.01. The molecule has 0 bridgehead atoms. The first kappa shape index (κ1) is 14.7. The van der Waals surface area contributed by atoms with E-state index in [4.69, 9.17) is 0 Å². The second-order valence-electron chi connectivity index (χ2n) is 5.59. The van der Waals surface area contributed by atoms with Crippen molar-refractivity contribution >= 4 is 39.2 Å². The van der Waals surface area contributed by atoms with Crippen molar-refractivity contribution in [2.24, 2.45) is 0 Å². The molecule has 1 atom stereocenters. The van der Waals surface area contributed by atoms with Crippen LogP contribution in [0.4, 0.5) is 0 Å². The summed E-state index contributed by atoms with van der Waals surface area (Å²) in [6.07, 6.45) is 2.04. The molecule has 0 fully saturated rings. The molecule has 3 nitrogen and oxygen atoms in total. The largest absolute Gasteiger partial charge is 0.349 e. The molecule has 1 amide bonds. The van der Waals surface area contributed by atoms with Crippen molar-refractivity contribution in [1.82, 2.24) is 10.3 Å². The topological polar surface area (TPSA) is 42.0 Å². The molecule has 116 valence electrons. The standard InChI is InChI=1S/C18H16N2OS2/c21-17(19-14-10-9-12-5-1-2-6-13(12)14)11-22-18-20-15-7-3-4-8-16(15)23-18/h1-8,14H,9-11H2,(H,19,21)/t14-/m0/s1. The Morgan fingerprint density at radius 3 is 2.96 bits per heavy atom. The average molecular weight is 340 g/mol. The number of thiazole rings is 1. The van der Waals surface area contributed by atoms with Gasteiger partial charge in [0, 0.05) is 0 Å². The number of nitrogens with zero attached hydrogens (tertiary/aromatic N) is 1. The molecule has 2 aromatic carbocycles. The van der Waals surface area contributed by atoms with Crippen molar-refractivity contribution in [1.29, 1.82) is 0 Å². The van der Waals surface area contributed by atoms with Gasteiger partial charge in [0.05, 0.1) is 22.0 Å². The summed E-state index contributed by atoms with van der Waals surface area (Å²) in [5, 5.41) is 3.16. The van der Waals surface area contributed by atoms with Gasteiger partial charge in [0.15, 0.2) is 4.34 Å². The van der Waals surface area contributed by atoms with Crippen molar-refractivity contribution in [2.45, 2.75) is 23.2 Å². The zero-order chi connectivity index (χ0) is 15.6. The van der Waals surface area contributed by atoms with E-state index >= 15 is 0 Å². The van der Waals surface area contributed by atoms with Crippen LogP contribution in [-0.2, 0) is 11.2 Å². The number of para-hydroxylation sites is 1. The summed E-state index contributed by atoms with van der Waals surface area (Å²) in [5.74, 6) is 0.495. The Kier molecular flexibility index (Phi) is 4.06. The fourth-order valence-corrected chi connectivity index (χ4v) is 4.86. The lowest BCUT2D eigenvalue weighted by molar-refractivity contribution is -0.119. The molecule has 1 N–H and O–H groups in total. The minimum Gasteiger partial charge on any atom is -0.349 e. The normalized spacial score (nSPS) is 16.4. The molecular formula is C18H16N2OS2. The number of benzene rings is 2. The van der Waals surface area contributed by atoms with Crippen molar-refractivity contribution < 1.29 is 4.79 Å². The lowest BCUT2D eigenvalue weighted by Crippen LogP contribution is -2.28. The van der Waals surface area contributed by atoms with Gasteiger partial charge in [0.1, 0.15) is 0 Å². The second kappa shape index (κ2) is 6.34. The first-order valence-electron chi connectivity index (χ1n) is 7.65. The summed E-state index contributed by atoms with van der Waals surface area (Å²) in [4.78, 5) is 16.8. The van der Waals surface area contributed by atoms with Crippen LogP contribution in [0.5, 0.6) is 0 Å². The zero-order valence-electron chi connectivity index (χ0n) is 12.5. The Morgan fingerprint density at radius 1 is 1.22 bits per heavy atom. The summed E-state index contributed by atoms with van der Waals surface area (Å²) < 4.78 is 2.12. The number of nitrogens with one attached hydrogen (secondary N) is 1. The zero-order valence-corrected chi connectivity index (χ0v) is 14.1. The predicted octanol–water partition coefficient (Wildman–Crippen LogP) is 4.19. The Labute approximate surface area is 143 Å². The molecule has 0 spiro atoms. The first-order valence-corrected chi connectivity index (χ1v) is 9.45. The maximum atomic E-state index is 12.2. The third kappa shape index (κ3) is 3.12. The highest BCUT2D eigenvalue weighted by Crippen LogP contribution is 2.32. The van der Waals surface area contributed by atoms with E-state index in [1.54, 1.807) is 11.3 Å². The van der Waals surface area contributed by atoms with Gasteiger partial charge in [-0.15, -0.1) is 11.3 Å². The van der Waals surface area contributed by atoms with Gasteiger partial charge in [0.25, 0.3) is 0 Å². The maximum Gasteiger partial charge on any atom is 0.230 e. The quantitative estimate of drug-likeness (QED) is 0.724. The number of thioether (sulfide) groups is 1. The third-order valence-corrected chi connectivity index (χ3v) is 6.25. The molecule has 1 aromatic heterocycles. The Morgan fingerprint density at radius 2 is 2.04 bits per heavy atom. The number of rotatable bonds is 4. The molecule has 0 radical (unpaired) electrons. The smallest absolute Gasteiger partial charge is 0.230 e. The molecule has 0 saturated heterocycles. The van der Waals surface area contributed by atoms with Gasteiger partial charge >= 0.3 is 0 Å². The van der Waals surface area contributed by atoms with E-state index in [0.29, 0.717) is 5.75 Å². The van der Waals surface area contributed by atoms with E-state index in [-0.39, 0.29) is 11.9 Å². The number of hydrogen-bond donors (Lipinski definition) is 1. The summed E-state index contributed by atoms with van der Waals surface area (Å²) in [6, 6.07) is 16.6. The second-order valence-corrected chi connectivity index (χ2v) is 7.85. The number of aryl methyl sites for hydroxylation is 1. The number of fused-ring (bicyclic) bond motifs is 2. The van der Waals surface area contributed by atoms with Crippen molar-refractivity contribution in [3.8, 4) is 0 Å². The van der Waals surface area contributed by atoms with E-state index < -0.39 is 0 Å². The summed E-state index contributed by atoms with van der Waals surface area (Å²) in [7, 11) is 0. The number of carbonyl (C=O) groups excluding carboxylic acids is 1. The third-order valence-electron chi connectivity index (χ3n) is 4.07. The van der Waals surface area contributed by atoms with Gasteiger partial charge in [-0.2, -0.15) is 0 Å². The van der Waals surface area contributed by atoms with Gasteiger partial charge in [0.2, 0.25) is 5.91 Å². The van der Waals surface area contributed by atoms with E-state index in [2.05, 4.69) is 34.6 Å². The lowest BCUT2D eigenvalue weighted by atomic mass is 10.1. The van der Waals surface area contributed by atoms with Crippen molar-refractivity contribution in [3.63, 3.8) is 0 Å². The molecule has 1 aliphatic rings. The average Bonchev–Trinajstić information content (AvgIpc) is 3.17. The van der Waals surface area contributed by atoms with Crippen LogP contribution in [0, 0.1) is 0 Å². The van der Waals surface area contributed by atoms with Gasteiger partial charge in [-0.3, -0.25) is 4.79 Å². The maximum absolute atomic E-state index is 12.2. The van der Waals surface area contributed by atoms with Crippen LogP contribution in [0.2, 0.25) is 0 Å². The van der Waals surface area contributed by atoms with E-state index in [9.17, 15) is 4.79 Å². The van der Waals surface area contributed by atoms with Crippen LogP contribution in [0.15, 0.2) is 52.9 Å². The summed E-state index contributed by atoms with van der Waals surface area (Å²) >= 11 is 3.16. The van der Waals surface area contributed by atoms with Gasteiger partial charge in [-0.05, 0) is 36.1 Å². The monoisotopic (exact) mass is 340 g/mol. The SMILES string of the molecule is O=C(CSc1nc2ccccc2s1)N[C@H]1CCc2ccccc21. The van der Waals surface area contributed by atoms with Gasteiger partial charge in [-0.25, -0.2) is 4.98 Å². The van der Waals surface area contributed by atoms with Crippen molar-refractivity contribution in [2.75, 3.05) is 5.75 Å². The molecule has 23 heavy (non-hydrogen) atoms. The molecule has 4 rings (SSSR count). The summed E-state index contributed by atoms with van der Waals surface area (Å²) in [6.45, 7) is 0. The summed E-state index contributed by atoms with van der Waals surface area (Å²) in [5.41, 5.74) is 3.63. The molecule has 0 aliphatic heterocycles. The molecular weight excluding hydrogens is 324 g/mol. The number of carbonyl (C=O) groups is 1. The molecule has 3 aromatic rings. The highest BCUT2D eigenvalue weighted by atomic mass is 32.2. The Balaban J connectivity index is 1.37. The number of aromatic nitrogens is 1. The van der Waals surface area contributed by atoms with Crippen LogP contribution in [0.1, 0.15) is 23.6 Å². The van der Waals surface area contributed by atoms with Crippen LogP contribution < -0.4 is 5.32 Å². The van der Waals surface area contributed by atoms with E-state index in [1.165, 1.54) is 27.6 Å². The Hall–Kier alpha value is -1.85. The molecule has 0 saturated carbocycles. The highest BCUT2D eigenvalue weighted by Gasteiger charge is 2.23. The molecule has 0 unspecified atom stereocenters. The van der Waals surface area contributed by atoms with Gasteiger partial charge in [-0.1, -0.05) is 48.2 Å². The lowest BCUT2D eigenvalue weighted by Gasteiger charge is -2.13. The minimum atomic E-state index is 0.0796. The van der Waals surface area contributed by atoms with Crippen molar-refractivity contribution in [3.05, 3.63) is 59.7 Å². The number of amides is 1. The van der Waals surface area contributed by atoms with Crippen LogP contribution in [0.25, 0.3) is 10.2 Å². The van der Waals surface area contributed by atoms with Crippen LogP contribution >= 0.6 is 23.1 Å². The predicted molar refractivity (Wildman–Crippen MR) is 96.0 cm³/mol. The molecule has 5 heteroatoms. The fourth-order valence-electron chi connectivity index (χ4n) is 2.98. The fraction of sp³-hybridized carbons (Fsp3) is 0.222.